The van der Waals surface area contributed by atoms with E-state index in [9.17, 15) is 9.59 Å². The number of para-hydroxylation sites is 2. The fourth-order valence-electron chi connectivity index (χ4n) is 2.53. The summed E-state index contributed by atoms with van der Waals surface area (Å²) in [4.78, 5) is 31.6. The van der Waals surface area contributed by atoms with Gasteiger partial charge in [-0.3, -0.25) is 0 Å². The van der Waals surface area contributed by atoms with E-state index in [0.717, 1.165) is 16.2 Å². The first-order chi connectivity index (χ1) is 11.6. The van der Waals surface area contributed by atoms with Crippen molar-refractivity contribution in [2.45, 2.75) is 25.0 Å². The Labute approximate surface area is 143 Å². The lowest BCUT2D eigenvalue weighted by Crippen LogP contribution is -2.49. The molecule has 0 aliphatic carbocycles. The van der Waals surface area contributed by atoms with Crippen LogP contribution in [0.4, 0.5) is 4.79 Å². The van der Waals surface area contributed by atoms with Crippen LogP contribution in [0.1, 0.15) is 13.8 Å². The normalized spacial score (nSPS) is 17.6. The highest BCUT2D eigenvalue weighted by Gasteiger charge is 2.29. The van der Waals surface area contributed by atoms with Crippen LogP contribution < -0.4 is 10.6 Å². The zero-order valence-electron chi connectivity index (χ0n) is 13.4. The predicted molar refractivity (Wildman–Crippen MR) is 91.6 cm³/mol. The van der Waals surface area contributed by atoms with Crippen LogP contribution in [0.2, 0.25) is 0 Å². The number of rotatable bonds is 5. The number of benzene rings is 1. The minimum atomic E-state index is -0.419. The van der Waals surface area contributed by atoms with Gasteiger partial charge in [-0.05, 0) is 26.0 Å². The number of H-pyrrole nitrogens is 1. The third-order valence-electron chi connectivity index (χ3n) is 3.59. The van der Waals surface area contributed by atoms with Crippen molar-refractivity contribution in [3.8, 4) is 0 Å². The molecule has 0 bridgehead atoms. The third kappa shape index (κ3) is 3.38. The number of imidazole rings is 1. The number of carbonyl (C=O) groups is 2. The summed E-state index contributed by atoms with van der Waals surface area (Å²) in [6, 6.07) is 7.01. The van der Waals surface area contributed by atoms with Crippen molar-refractivity contribution in [3.63, 3.8) is 0 Å². The van der Waals surface area contributed by atoms with Gasteiger partial charge in [-0.25, -0.2) is 14.6 Å². The van der Waals surface area contributed by atoms with Gasteiger partial charge in [0.2, 0.25) is 0 Å². The number of aromatic amines is 1. The van der Waals surface area contributed by atoms with Gasteiger partial charge in [-0.1, -0.05) is 23.9 Å². The summed E-state index contributed by atoms with van der Waals surface area (Å²) >= 11 is 1.42. The molecular weight excluding hydrogens is 328 g/mol. The number of hydrogen-bond donors (Lipinski definition) is 3. The van der Waals surface area contributed by atoms with E-state index in [1.54, 1.807) is 13.8 Å². The van der Waals surface area contributed by atoms with Crippen LogP contribution in [0.5, 0.6) is 0 Å². The molecule has 0 saturated heterocycles. The largest absolute Gasteiger partial charge is 0.463 e. The van der Waals surface area contributed by atoms with Gasteiger partial charge >= 0.3 is 12.0 Å². The molecule has 0 spiro atoms. The zero-order valence-corrected chi connectivity index (χ0v) is 14.2. The SMILES string of the molecule is CCOC(=O)C1=C(CSc2nc3ccccc3[nH]2)NC(=O)N[C@H]1C. The molecule has 2 aromatic rings. The van der Waals surface area contributed by atoms with Crippen molar-refractivity contribution in [1.82, 2.24) is 20.6 Å². The lowest BCUT2D eigenvalue weighted by atomic mass is 10.1. The van der Waals surface area contributed by atoms with Gasteiger partial charge in [0.15, 0.2) is 5.16 Å². The van der Waals surface area contributed by atoms with E-state index >= 15 is 0 Å². The van der Waals surface area contributed by atoms with Crippen molar-refractivity contribution in [1.29, 1.82) is 0 Å². The summed E-state index contributed by atoms with van der Waals surface area (Å²) in [5.74, 6) is -0.0103. The topological polar surface area (TPSA) is 96.1 Å². The fraction of sp³-hybridized carbons (Fsp3) is 0.312. The fourth-order valence-corrected chi connectivity index (χ4v) is 3.39. The minimum absolute atomic E-state index is 0.285. The van der Waals surface area contributed by atoms with Crippen LogP contribution in [0.15, 0.2) is 40.7 Å². The molecule has 0 unspecified atom stereocenters. The molecule has 126 valence electrons. The molecule has 2 amide bonds. The lowest BCUT2D eigenvalue weighted by Gasteiger charge is -2.26. The molecule has 0 saturated carbocycles. The Hall–Kier alpha value is -2.48. The van der Waals surface area contributed by atoms with Crippen LogP contribution in [0.3, 0.4) is 0 Å². The first-order valence-electron chi connectivity index (χ1n) is 7.63. The summed E-state index contributed by atoms with van der Waals surface area (Å²) in [5, 5.41) is 6.11. The molecule has 1 atom stereocenters. The second-order valence-electron chi connectivity index (χ2n) is 5.28. The Morgan fingerprint density at radius 2 is 2.17 bits per heavy atom. The number of carbonyl (C=O) groups excluding carboxylic acids is 2. The molecule has 7 nitrogen and oxygen atoms in total. The highest BCUT2D eigenvalue weighted by molar-refractivity contribution is 7.99. The summed E-state index contributed by atoms with van der Waals surface area (Å²) in [7, 11) is 0. The zero-order chi connectivity index (χ0) is 17.1. The first-order valence-corrected chi connectivity index (χ1v) is 8.62. The van der Waals surface area contributed by atoms with Gasteiger partial charge < -0.3 is 20.4 Å². The van der Waals surface area contributed by atoms with E-state index in [4.69, 9.17) is 4.74 Å². The van der Waals surface area contributed by atoms with E-state index in [-0.39, 0.29) is 12.6 Å². The molecular formula is C16H18N4O3S. The van der Waals surface area contributed by atoms with E-state index in [1.807, 2.05) is 24.3 Å². The molecule has 1 aromatic heterocycles. The van der Waals surface area contributed by atoms with Crippen molar-refractivity contribution < 1.29 is 14.3 Å². The van der Waals surface area contributed by atoms with E-state index in [1.165, 1.54) is 11.8 Å². The molecule has 2 heterocycles. The quantitative estimate of drug-likeness (QED) is 0.570. The number of fused-ring (bicyclic) bond motifs is 1. The highest BCUT2D eigenvalue weighted by atomic mass is 32.2. The monoisotopic (exact) mass is 346 g/mol. The molecule has 1 aromatic carbocycles. The van der Waals surface area contributed by atoms with Crippen LogP contribution in [0.25, 0.3) is 11.0 Å². The van der Waals surface area contributed by atoms with Gasteiger partial charge in [-0.15, -0.1) is 0 Å². The molecule has 24 heavy (non-hydrogen) atoms. The van der Waals surface area contributed by atoms with Gasteiger partial charge in [0.25, 0.3) is 0 Å². The van der Waals surface area contributed by atoms with Gasteiger partial charge in [0, 0.05) is 11.4 Å². The number of esters is 1. The van der Waals surface area contributed by atoms with Crippen molar-refractivity contribution in [3.05, 3.63) is 35.5 Å². The smallest absolute Gasteiger partial charge is 0.337 e. The number of amides is 2. The molecule has 8 heteroatoms. The minimum Gasteiger partial charge on any atom is -0.463 e. The Balaban J connectivity index is 1.82. The number of urea groups is 1. The number of nitrogens with one attached hydrogen (secondary N) is 3. The third-order valence-corrected chi connectivity index (χ3v) is 4.49. The number of thioether (sulfide) groups is 1. The summed E-state index contributed by atoms with van der Waals surface area (Å²) in [5.41, 5.74) is 2.82. The molecule has 0 fully saturated rings. The molecule has 1 aliphatic heterocycles. The maximum Gasteiger partial charge on any atom is 0.337 e. The van der Waals surface area contributed by atoms with E-state index < -0.39 is 12.0 Å². The van der Waals surface area contributed by atoms with Crippen LogP contribution in [-0.2, 0) is 9.53 Å². The average molecular weight is 346 g/mol. The first kappa shape index (κ1) is 16.4. The Bertz CT molecular complexity index is 782. The Kier molecular flexibility index (Phi) is 4.75. The van der Waals surface area contributed by atoms with Crippen molar-refractivity contribution in [2.24, 2.45) is 0 Å². The highest BCUT2D eigenvalue weighted by Crippen LogP contribution is 2.24. The second kappa shape index (κ2) is 6.96. The van der Waals surface area contributed by atoms with Crippen LogP contribution >= 0.6 is 11.8 Å². The number of ether oxygens (including phenoxy) is 1. The van der Waals surface area contributed by atoms with Gasteiger partial charge in [0.1, 0.15) is 0 Å². The Morgan fingerprint density at radius 1 is 1.38 bits per heavy atom. The van der Waals surface area contributed by atoms with Crippen molar-refractivity contribution in [2.75, 3.05) is 12.4 Å². The molecule has 0 radical (unpaired) electrons. The van der Waals surface area contributed by atoms with E-state index in [0.29, 0.717) is 17.0 Å². The second-order valence-corrected chi connectivity index (χ2v) is 6.24. The number of nitrogens with zero attached hydrogens (tertiary/aromatic N) is 1. The van der Waals surface area contributed by atoms with Gasteiger partial charge in [-0.2, -0.15) is 0 Å². The molecule has 1 aliphatic rings. The van der Waals surface area contributed by atoms with E-state index in [2.05, 4.69) is 20.6 Å². The summed E-state index contributed by atoms with van der Waals surface area (Å²) < 4.78 is 5.10. The van der Waals surface area contributed by atoms with Crippen molar-refractivity contribution >= 4 is 34.8 Å². The summed E-state index contributed by atoms with van der Waals surface area (Å²) in [6.07, 6.45) is 0. The molecule has 3 rings (SSSR count). The maximum atomic E-state index is 12.2. The lowest BCUT2D eigenvalue weighted by molar-refractivity contribution is -0.138. The molecule has 3 N–H and O–H groups in total. The average Bonchev–Trinajstić information content (AvgIpc) is 2.95. The summed E-state index contributed by atoms with van der Waals surface area (Å²) in [6.45, 7) is 3.80. The number of aromatic nitrogens is 2. The Morgan fingerprint density at radius 3 is 2.92 bits per heavy atom. The standard InChI is InChI=1S/C16H18N4O3S/c1-3-23-14(21)13-9(2)17-15(22)18-12(13)8-24-16-19-10-6-4-5-7-11(10)20-16/h4-7,9H,3,8H2,1-2H3,(H,19,20)(H2,17,18,22)/t9-/m0/s1. The van der Waals surface area contributed by atoms with Crippen LogP contribution in [0, 0.1) is 0 Å². The van der Waals surface area contributed by atoms with Crippen LogP contribution in [-0.4, -0.2) is 40.4 Å². The predicted octanol–water partition coefficient (Wildman–Crippen LogP) is 2.17. The number of hydrogen-bond acceptors (Lipinski definition) is 5. The maximum absolute atomic E-state index is 12.2. The van der Waals surface area contributed by atoms with Gasteiger partial charge in [0.05, 0.1) is 29.3 Å².